The van der Waals surface area contributed by atoms with E-state index >= 15 is 0 Å². The van der Waals surface area contributed by atoms with Gasteiger partial charge in [-0.15, -0.1) is 0 Å². The maximum atomic E-state index is 12.6. The van der Waals surface area contributed by atoms with Gasteiger partial charge in [-0.05, 0) is 18.2 Å². The summed E-state index contributed by atoms with van der Waals surface area (Å²) < 4.78 is 11.5. The number of pyridine rings is 1. The van der Waals surface area contributed by atoms with E-state index in [2.05, 4.69) is 11.1 Å². The van der Waals surface area contributed by atoms with Crippen molar-refractivity contribution in [1.29, 1.82) is 5.26 Å². The van der Waals surface area contributed by atoms with E-state index < -0.39 is 0 Å². The minimum atomic E-state index is -0.144. The van der Waals surface area contributed by atoms with E-state index in [4.69, 9.17) is 14.4 Å². The van der Waals surface area contributed by atoms with Crippen LogP contribution in [0.25, 0.3) is 11.0 Å². The maximum Gasteiger partial charge on any atom is 0.289 e. The standard InChI is InChI=1S/C19H15N3O3/c20-11-13-5-7-21-18(9-13)24-15-6-8-22(12-15)19(23)17-10-14-3-1-2-4-16(14)25-17/h1-5,7,9-10,15H,6,8,12H2. The van der Waals surface area contributed by atoms with Gasteiger partial charge in [0.15, 0.2) is 5.76 Å². The average molecular weight is 333 g/mol. The lowest BCUT2D eigenvalue weighted by atomic mass is 10.2. The molecule has 1 amide bonds. The van der Waals surface area contributed by atoms with Crippen molar-refractivity contribution in [3.63, 3.8) is 0 Å². The van der Waals surface area contributed by atoms with Gasteiger partial charge >= 0.3 is 0 Å². The highest BCUT2D eigenvalue weighted by Gasteiger charge is 2.30. The number of carbonyl (C=O) groups excluding carboxylic acids is 1. The molecule has 6 heteroatoms. The van der Waals surface area contributed by atoms with Crippen LogP contribution in [0.3, 0.4) is 0 Å². The lowest BCUT2D eigenvalue weighted by Crippen LogP contribution is -2.30. The summed E-state index contributed by atoms with van der Waals surface area (Å²) in [6, 6.07) is 14.6. The zero-order valence-electron chi connectivity index (χ0n) is 13.4. The molecule has 3 aromatic rings. The highest BCUT2D eigenvalue weighted by Crippen LogP contribution is 2.23. The predicted octanol–water partition coefficient (Wildman–Crippen LogP) is 2.99. The Kier molecular flexibility index (Phi) is 3.82. The van der Waals surface area contributed by atoms with Crippen LogP contribution in [0.4, 0.5) is 0 Å². The third-order valence-electron chi connectivity index (χ3n) is 4.22. The molecule has 1 unspecified atom stereocenters. The zero-order valence-corrected chi connectivity index (χ0v) is 13.4. The minimum Gasteiger partial charge on any atom is -0.472 e. The van der Waals surface area contributed by atoms with Crippen LogP contribution < -0.4 is 4.74 Å². The topological polar surface area (TPSA) is 79.4 Å². The number of aromatic nitrogens is 1. The lowest BCUT2D eigenvalue weighted by Gasteiger charge is -2.15. The van der Waals surface area contributed by atoms with Crippen molar-refractivity contribution < 1.29 is 13.9 Å². The fourth-order valence-electron chi connectivity index (χ4n) is 2.97. The molecule has 1 aliphatic rings. The normalized spacial score (nSPS) is 16.8. The highest BCUT2D eigenvalue weighted by molar-refractivity contribution is 5.96. The van der Waals surface area contributed by atoms with Crippen LogP contribution in [0, 0.1) is 11.3 Å². The number of fused-ring (bicyclic) bond motifs is 1. The maximum absolute atomic E-state index is 12.6. The molecule has 0 radical (unpaired) electrons. The third-order valence-corrected chi connectivity index (χ3v) is 4.22. The molecule has 0 aliphatic carbocycles. The second-order valence-corrected chi connectivity index (χ2v) is 5.92. The minimum absolute atomic E-state index is 0.138. The SMILES string of the molecule is N#Cc1ccnc(OC2CCN(C(=O)c3cc4ccccc4o3)C2)c1. The second kappa shape index (κ2) is 6.29. The Morgan fingerprint density at radius 1 is 1.32 bits per heavy atom. The predicted molar refractivity (Wildman–Crippen MR) is 90.1 cm³/mol. The molecule has 0 saturated carbocycles. The summed E-state index contributed by atoms with van der Waals surface area (Å²) in [4.78, 5) is 18.5. The number of nitrogens with zero attached hydrogens (tertiary/aromatic N) is 3. The first kappa shape index (κ1) is 15.2. The molecule has 0 spiro atoms. The van der Waals surface area contributed by atoms with Crippen LogP contribution in [0.1, 0.15) is 22.5 Å². The van der Waals surface area contributed by atoms with Crippen LogP contribution in [0.15, 0.2) is 53.1 Å². The Balaban J connectivity index is 1.44. The first-order valence-corrected chi connectivity index (χ1v) is 8.03. The Morgan fingerprint density at radius 2 is 2.20 bits per heavy atom. The molecule has 1 aromatic carbocycles. The number of hydrogen-bond donors (Lipinski definition) is 0. The molecule has 25 heavy (non-hydrogen) atoms. The highest BCUT2D eigenvalue weighted by atomic mass is 16.5. The van der Waals surface area contributed by atoms with E-state index in [1.807, 2.05) is 24.3 Å². The summed E-state index contributed by atoms with van der Waals surface area (Å²) in [6.07, 6.45) is 2.11. The molecule has 124 valence electrons. The van der Waals surface area contributed by atoms with E-state index in [9.17, 15) is 4.79 Å². The van der Waals surface area contributed by atoms with Gasteiger partial charge in [0, 0.05) is 30.6 Å². The largest absolute Gasteiger partial charge is 0.472 e. The van der Waals surface area contributed by atoms with Crippen LogP contribution >= 0.6 is 0 Å². The van der Waals surface area contributed by atoms with Gasteiger partial charge in [-0.1, -0.05) is 18.2 Å². The third kappa shape index (κ3) is 3.04. The van der Waals surface area contributed by atoms with Gasteiger partial charge in [0.2, 0.25) is 5.88 Å². The van der Waals surface area contributed by atoms with Crippen molar-refractivity contribution in [1.82, 2.24) is 9.88 Å². The van der Waals surface area contributed by atoms with Crippen molar-refractivity contribution in [2.45, 2.75) is 12.5 Å². The lowest BCUT2D eigenvalue weighted by molar-refractivity contribution is 0.0742. The molecule has 3 heterocycles. The van der Waals surface area contributed by atoms with Gasteiger partial charge in [0.05, 0.1) is 18.2 Å². The van der Waals surface area contributed by atoms with E-state index in [1.165, 1.54) is 0 Å². The summed E-state index contributed by atoms with van der Waals surface area (Å²) in [7, 11) is 0. The van der Waals surface area contributed by atoms with Gasteiger partial charge in [-0.25, -0.2) is 4.98 Å². The smallest absolute Gasteiger partial charge is 0.289 e. The first-order chi connectivity index (χ1) is 12.2. The van der Waals surface area contributed by atoms with Crippen molar-refractivity contribution in [3.8, 4) is 11.9 Å². The van der Waals surface area contributed by atoms with Crippen LogP contribution in [0.2, 0.25) is 0 Å². The summed E-state index contributed by atoms with van der Waals surface area (Å²) in [5.74, 6) is 0.606. The van der Waals surface area contributed by atoms with Gasteiger partial charge < -0.3 is 14.1 Å². The molecular weight excluding hydrogens is 318 g/mol. The number of rotatable bonds is 3. The van der Waals surface area contributed by atoms with Crippen LogP contribution in [0.5, 0.6) is 5.88 Å². The molecule has 1 fully saturated rings. The fraction of sp³-hybridized carbons (Fsp3) is 0.211. The zero-order chi connectivity index (χ0) is 17.2. The molecule has 1 aliphatic heterocycles. The Morgan fingerprint density at radius 3 is 3.04 bits per heavy atom. The molecule has 0 bridgehead atoms. The van der Waals surface area contributed by atoms with Crippen molar-refractivity contribution in [2.75, 3.05) is 13.1 Å². The van der Waals surface area contributed by atoms with Crippen molar-refractivity contribution in [2.24, 2.45) is 0 Å². The van der Waals surface area contributed by atoms with Crippen molar-refractivity contribution in [3.05, 3.63) is 60.0 Å². The number of likely N-dealkylation sites (tertiary alicyclic amines) is 1. The molecule has 1 atom stereocenters. The number of nitriles is 1. The molecule has 4 rings (SSSR count). The Labute approximate surface area is 144 Å². The van der Waals surface area contributed by atoms with Gasteiger partial charge in [0.1, 0.15) is 11.7 Å². The number of furan rings is 1. The number of ether oxygens (including phenoxy) is 1. The van der Waals surface area contributed by atoms with E-state index in [0.717, 1.165) is 5.39 Å². The summed E-state index contributed by atoms with van der Waals surface area (Å²) in [5.41, 5.74) is 1.20. The van der Waals surface area contributed by atoms with Crippen molar-refractivity contribution >= 4 is 16.9 Å². The monoisotopic (exact) mass is 333 g/mol. The van der Waals surface area contributed by atoms with E-state index in [0.29, 0.717) is 42.3 Å². The van der Waals surface area contributed by atoms with E-state index in [1.54, 1.807) is 29.3 Å². The average Bonchev–Trinajstić information content (AvgIpc) is 3.28. The van der Waals surface area contributed by atoms with Gasteiger partial charge in [-0.3, -0.25) is 4.79 Å². The fourth-order valence-corrected chi connectivity index (χ4v) is 2.97. The number of para-hydroxylation sites is 1. The molecule has 2 aromatic heterocycles. The number of benzene rings is 1. The summed E-state index contributed by atoms with van der Waals surface area (Å²) in [5, 5.41) is 9.84. The van der Waals surface area contributed by atoms with Gasteiger partial charge in [0.25, 0.3) is 5.91 Å². The molecular formula is C19H15N3O3. The van der Waals surface area contributed by atoms with Gasteiger partial charge in [-0.2, -0.15) is 5.26 Å². The molecule has 1 saturated heterocycles. The number of amides is 1. The molecule has 0 N–H and O–H groups in total. The quantitative estimate of drug-likeness (QED) is 0.736. The van der Waals surface area contributed by atoms with E-state index in [-0.39, 0.29) is 12.0 Å². The van der Waals surface area contributed by atoms with Crippen LogP contribution in [-0.4, -0.2) is 35.0 Å². The first-order valence-electron chi connectivity index (χ1n) is 8.03. The summed E-state index contributed by atoms with van der Waals surface area (Å²) in [6.45, 7) is 1.06. The Bertz CT molecular complexity index is 940. The number of hydrogen-bond acceptors (Lipinski definition) is 5. The Hall–Kier alpha value is -3.33. The van der Waals surface area contributed by atoms with Crippen LogP contribution in [-0.2, 0) is 0 Å². The second-order valence-electron chi connectivity index (χ2n) is 5.92. The summed E-state index contributed by atoms with van der Waals surface area (Å²) >= 11 is 0. The number of carbonyl (C=O) groups is 1. The molecule has 6 nitrogen and oxygen atoms in total.